The van der Waals surface area contributed by atoms with Gasteiger partial charge in [-0.15, -0.1) is 0 Å². The van der Waals surface area contributed by atoms with Crippen molar-refractivity contribution in [1.29, 1.82) is 0 Å². The van der Waals surface area contributed by atoms with Gasteiger partial charge in [-0.3, -0.25) is 4.98 Å². The van der Waals surface area contributed by atoms with Gasteiger partial charge in [0.15, 0.2) is 5.69 Å². The number of ether oxygens (including phenoxy) is 2. The quantitative estimate of drug-likeness (QED) is 0.641. The molecule has 1 atom stereocenters. The fraction of sp³-hybridized carbons (Fsp3) is 0.684. The van der Waals surface area contributed by atoms with Gasteiger partial charge in [0.05, 0.1) is 11.7 Å². The lowest BCUT2D eigenvalue weighted by atomic mass is 10.1. The molecule has 1 amide bonds. The van der Waals surface area contributed by atoms with Crippen LogP contribution in [0.2, 0.25) is 0 Å². The summed E-state index contributed by atoms with van der Waals surface area (Å²) in [6, 6.07) is -0.501. The van der Waals surface area contributed by atoms with E-state index in [4.69, 9.17) is 9.47 Å². The van der Waals surface area contributed by atoms with Crippen LogP contribution >= 0.6 is 0 Å². The van der Waals surface area contributed by atoms with Crippen LogP contribution in [0.1, 0.15) is 63.8 Å². The monoisotopic (exact) mass is 380 g/mol. The standard InChI is InChI=1S/C19H32N4O4/c1-8-23(9-2)12-13-26-17(24)16-15(20-10-11-21-16)14(3)22(7)18(25)27-19(4,5)6/h10-11,14H,8-9,12-13H2,1-7H3. The van der Waals surface area contributed by atoms with Gasteiger partial charge < -0.3 is 19.3 Å². The number of nitrogens with zero attached hydrogens (tertiary/aromatic N) is 4. The van der Waals surface area contributed by atoms with E-state index in [9.17, 15) is 9.59 Å². The van der Waals surface area contributed by atoms with E-state index in [2.05, 4.69) is 28.7 Å². The minimum absolute atomic E-state index is 0.111. The summed E-state index contributed by atoms with van der Waals surface area (Å²) in [6.45, 7) is 14.0. The fourth-order valence-corrected chi connectivity index (χ4v) is 2.36. The van der Waals surface area contributed by atoms with Crippen LogP contribution in [-0.4, -0.2) is 70.7 Å². The van der Waals surface area contributed by atoms with Gasteiger partial charge in [0.2, 0.25) is 0 Å². The van der Waals surface area contributed by atoms with Gasteiger partial charge in [0, 0.05) is 26.0 Å². The zero-order valence-electron chi connectivity index (χ0n) is 17.5. The Morgan fingerprint density at radius 1 is 1.15 bits per heavy atom. The lowest BCUT2D eigenvalue weighted by Gasteiger charge is -2.28. The van der Waals surface area contributed by atoms with Crippen molar-refractivity contribution in [1.82, 2.24) is 19.8 Å². The van der Waals surface area contributed by atoms with Crippen molar-refractivity contribution < 1.29 is 19.1 Å². The van der Waals surface area contributed by atoms with Gasteiger partial charge >= 0.3 is 12.1 Å². The molecule has 1 unspecified atom stereocenters. The highest BCUT2D eigenvalue weighted by Crippen LogP contribution is 2.22. The van der Waals surface area contributed by atoms with Crippen LogP contribution in [0.15, 0.2) is 12.4 Å². The third-order valence-electron chi connectivity index (χ3n) is 4.11. The SMILES string of the molecule is CCN(CC)CCOC(=O)c1nccnc1C(C)N(C)C(=O)OC(C)(C)C. The first-order valence-corrected chi connectivity index (χ1v) is 9.26. The summed E-state index contributed by atoms with van der Waals surface area (Å²) >= 11 is 0. The first kappa shape index (κ1) is 22.8. The smallest absolute Gasteiger partial charge is 0.410 e. The second-order valence-electron chi connectivity index (χ2n) is 7.22. The molecular formula is C19H32N4O4. The Hall–Kier alpha value is -2.22. The summed E-state index contributed by atoms with van der Waals surface area (Å²) in [7, 11) is 1.60. The molecule has 1 rings (SSSR count). The molecule has 0 saturated carbocycles. The van der Waals surface area contributed by atoms with E-state index in [0.29, 0.717) is 12.2 Å². The molecule has 1 aromatic heterocycles. The molecular weight excluding hydrogens is 348 g/mol. The highest BCUT2D eigenvalue weighted by Gasteiger charge is 2.28. The average Bonchev–Trinajstić information content (AvgIpc) is 2.62. The molecule has 0 fully saturated rings. The van der Waals surface area contributed by atoms with Crippen molar-refractivity contribution in [3.05, 3.63) is 23.8 Å². The third kappa shape index (κ3) is 7.13. The van der Waals surface area contributed by atoms with Gasteiger partial charge in [-0.1, -0.05) is 13.8 Å². The molecule has 0 bridgehead atoms. The molecule has 1 heterocycles. The second kappa shape index (κ2) is 10.2. The molecule has 0 aliphatic carbocycles. The number of amides is 1. The van der Waals surface area contributed by atoms with Crippen LogP contribution < -0.4 is 0 Å². The number of carbonyl (C=O) groups is 2. The molecule has 1 aromatic rings. The van der Waals surface area contributed by atoms with E-state index in [1.54, 1.807) is 34.7 Å². The first-order chi connectivity index (χ1) is 12.6. The van der Waals surface area contributed by atoms with Crippen LogP contribution in [0.4, 0.5) is 4.79 Å². The van der Waals surface area contributed by atoms with Crippen molar-refractivity contribution in [2.24, 2.45) is 0 Å². The number of likely N-dealkylation sites (N-methyl/N-ethyl adjacent to an activating group) is 1. The lowest BCUT2D eigenvalue weighted by Crippen LogP contribution is -2.36. The molecule has 0 spiro atoms. The van der Waals surface area contributed by atoms with Crippen LogP contribution in [0.25, 0.3) is 0 Å². The Kier molecular flexibility index (Phi) is 8.62. The predicted molar refractivity (Wildman–Crippen MR) is 103 cm³/mol. The van der Waals surface area contributed by atoms with Crippen molar-refractivity contribution >= 4 is 12.1 Å². The highest BCUT2D eigenvalue weighted by atomic mass is 16.6. The van der Waals surface area contributed by atoms with Crippen molar-refractivity contribution in [3.8, 4) is 0 Å². The molecule has 0 saturated heterocycles. The van der Waals surface area contributed by atoms with Crippen molar-refractivity contribution in [2.45, 2.75) is 53.2 Å². The van der Waals surface area contributed by atoms with E-state index in [-0.39, 0.29) is 12.3 Å². The zero-order chi connectivity index (χ0) is 20.6. The van der Waals surface area contributed by atoms with Crippen LogP contribution in [0, 0.1) is 0 Å². The molecule has 8 nitrogen and oxygen atoms in total. The molecule has 0 radical (unpaired) electrons. The average molecular weight is 380 g/mol. The molecule has 0 aliphatic heterocycles. The van der Waals surface area contributed by atoms with Gasteiger partial charge in [0.1, 0.15) is 12.2 Å². The van der Waals surface area contributed by atoms with Gasteiger partial charge in [-0.05, 0) is 40.8 Å². The molecule has 0 aromatic carbocycles. The Morgan fingerprint density at radius 3 is 2.30 bits per heavy atom. The maximum atomic E-state index is 12.5. The van der Waals surface area contributed by atoms with Gasteiger partial charge in [-0.2, -0.15) is 0 Å². The third-order valence-corrected chi connectivity index (χ3v) is 4.11. The number of rotatable bonds is 8. The number of esters is 1. The Morgan fingerprint density at radius 2 is 1.74 bits per heavy atom. The number of hydrogen-bond donors (Lipinski definition) is 0. The largest absolute Gasteiger partial charge is 0.460 e. The van der Waals surface area contributed by atoms with E-state index in [1.165, 1.54) is 17.3 Å². The normalized spacial score (nSPS) is 12.6. The van der Waals surface area contributed by atoms with E-state index >= 15 is 0 Å². The Bertz CT molecular complexity index is 626. The van der Waals surface area contributed by atoms with E-state index in [0.717, 1.165) is 13.1 Å². The van der Waals surface area contributed by atoms with E-state index < -0.39 is 23.7 Å². The van der Waals surface area contributed by atoms with Gasteiger partial charge in [-0.25, -0.2) is 14.6 Å². The Labute approximate surface area is 161 Å². The molecule has 152 valence electrons. The first-order valence-electron chi connectivity index (χ1n) is 9.26. The van der Waals surface area contributed by atoms with Crippen LogP contribution in [-0.2, 0) is 9.47 Å². The number of hydrogen-bond acceptors (Lipinski definition) is 7. The topological polar surface area (TPSA) is 84.9 Å². The molecule has 0 aliphatic rings. The van der Waals surface area contributed by atoms with Crippen LogP contribution in [0.3, 0.4) is 0 Å². The summed E-state index contributed by atoms with van der Waals surface area (Å²) in [5, 5.41) is 0. The summed E-state index contributed by atoms with van der Waals surface area (Å²) in [4.78, 5) is 36.7. The molecule has 27 heavy (non-hydrogen) atoms. The number of carbonyl (C=O) groups excluding carboxylic acids is 2. The maximum Gasteiger partial charge on any atom is 0.410 e. The number of aromatic nitrogens is 2. The van der Waals surface area contributed by atoms with Crippen molar-refractivity contribution in [3.63, 3.8) is 0 Å². The molecule has 0 N–H and O–H groups in total. The van der Waals surface area contributed by atoms with E-state index in [1.807, 2.05) is 0 Å². The summed E-state index contributed by atoms with van der Waals surface area (Å²) in [5.74, 6) is -0.547. The minimum atomic E-state index is -0.611. The van der Waals surface area contributed by atoms with Crippen LogP contribution in [0.5, 0.6) is 0 Å². The summed E-state index contributed by atoms with van der Waals surface area (Å²) < 4.78 is 10.7. The fourth-order valence-electron chi connectivity index (χ4n) is 2.36. The zero-order valence-corrected chi connectivity index (χ0v) is 17.5. The summed E-state index contributed by atoms with van der Waals surface area (Å²) in [6.07, 6.45) is 2.42. The molecule has 8 heteroatoms. The second-order valence-corrected chi connectivity index (χ2v) is 7.22. The predicted octanol–water partition coefficient (Wildman–Crippen LogP) is 2.90. The Balaban J connectivity index is 2.85. The van der Waals surface area contributed by atoms with Gasteiger partial charge in [0.25, 0.3) is 0 Å². The lowest BCUT2D eigenvalue weighted by molar-refractivity contribution is 0.0224. The highest BCUT2D eigenvalue weighted by molar-refractivity contribution is 5.88. The summed E-state index contributed by atoms with van der Waals surface area (Å²) in [5.41, 5.74) is -0.127. The maximum absolute atomic E-state index is 12.5. The minimum Gasteiger partial charge on any atom is -0.460 e. The van der Waals surface area contributed by atoms with Crippen molar-refractivity contribution in [2.75, 3.05) is 33.3 Å².